The van der Waals surface area contributed by atoms with Crippen LogP contribution in [-0.4, -0.2) is 35.7 Å². The summed E-state index contributed by atoms with van der Waals surface area (Å²) in [5.41, 5.74) is 2.83. The highest BCUT2D eigenvalue weighted by Crippen LogP contribution is 2.38. The number of benzene rings is 1. The Balaban J connectivity index is 1.92. The quantitative estimate of drug-likeness (QED) is 0.435. The number of aryl methyl sites for hydroxylation is 2. The molecule has 166 valence electrons. The molecule has 0 aliphatic heterocycles. The number of H-pyrrole nitrogens is 1. The number of aromatic carboxylic acids is 1. The van der Waals surface area contributed by atoms with Crippen molar-refractivity contribution >= 4 is 27.1 Å². The monoisotopic (exact) mass is 460 g/mol. The molecule has 1 unspecified atom stereocenters. The summed E-state index contributed by atoms with van der Waals surface area (Å²) >= 11 is 1.25. The van der Waals surface area contributed by atoms with E-state index in [1.54, 1.807) is 18.3 Å². The van der Waals surface area contributed by atoms with Crippen LogP contribution in [0, 0.1) is 0 Å². The van der Waals surface area contributed by atoms with E-state index < -0.39 is 20.6 Å². The van der Waals surface area contributed by atoms with E-state index in [0.29, 0.717) is 30.0 Å². The molecule has 0 fully saturated rings. The second kappa shape index (κ2) is 9.78. The Morgan fingerprint density at radius 2 is 1.87 bits per heavy atom. The number of carbonyl (C=O) groups is 1. The van der Waals surface area contributed by atoms with Gasteiger partial charge < -0.3 is 10.1 Å². The van der Waals surface area contributed by atoms with Crippen LogP contribution in [0.5, 0.6) is 0 Å². The highest BCUT2D eigenvalue weighted by atomic mass is 32.2. The molecule has 2 aromatic heterocycles. The smallest absolute Gasteiger partial charge is 0.355 e. The minimum atomic E-state index is -3.52. The van der Waals surface area contributed by atoms with E-state index in [1.807, 2.05) is 12.1 Å². The van der Waals surface area contributed by atoms with Gasteiger partial charge >= 0.3 is 5.97 Å². The van der Waals surface area contributed by atoms with Gasteiger partial charge in [0.15, 0.2) is 15.5 Å². The molecule has 0 saturated carbocycles. The van der Waals surface area contributed by atoms with Crippen molar-refractivity contribution in [3.63, 3.8) is 0 Å². The molecule has 0 amide bonds. The number of carboxylic acids is 1. The summed E-state index contributed by atoms with van der Waals surface area (Å²) < 4.78 is 25.2. The summed E-state index contributed by atoms with van der Waals surface area (Å²) in [6, 6.07) is 11.8. The van der Waals surface area contributed by atoms with Gasteiger partial charge in [-0.3, -0.25) is 0 Å². The maximum atomic E-state index is 13.2. The molecule has 0 aliphatic carbocycles. The first-order valence-electron chi connectivity index (χ1n) is 10.3. The number of nitrogens with zero attached hydrogens (tertiary/aromatic N) is 1. The van der Waals surface area contributed by atoms with E-state index in [-0.39, 0.29) is 5.69 Å². The fraction of sp³-hybridized carbons (Fsp3) is 0.391. The molecule has 2 N–H and O–H groups in total. The number of thiazole rings is 1. The zero-order chi connectivity index (χ0) is 22.5. The number of unbranched alkanes of at least 4 members (excludes halogenated alkanes) is 1. The van der Waals surface area contributed by atoms with Crippen LogP contribution in [0.4, 0.5) is 0 Å². The van der Waals surface area contributed by atoms with Crippen LogP contribution in [0.2, 0.25) is 0 Å². The van der Waals surface area contributed by atoms with Crippen LogP contribution in [0.1, 0.15) is 58.5 Å². The molecule has 0 spiro atoms. The second-order valence-corrected chi connectivity index (χ2v) is 11.1. The number of hydrogen-bond donors (Lipinski definition) is 2. The minimum absolute atomic E-state index is 0.00695. The third kappa shape index (κ3) is 5.43. The van der Waals surface area contributed by atoms with E-state index in [9.17, 15) is 13.2 Å². The molecular formula is C23H28N2O4S2. The van der Waals surface area contributed by atoms with Crippen LogP contribution < -0.4 is 0 Å². The summed E-state index contributed by atoms with van der Waals surface area (Å²) in [6.45, 7) is 2.16. The normalized spacial score (nSPS) is 13.7. The molecule has 0 bridgehead atoms. The largest absolute Gasteiger partial charge is 0.476 e. The molecule has 0 radical (unpaired) electrons. The van der Waals surface area contributed by atoms with Crippen molar-refractivity contribution in [1.82, 2.24) is 9.97 Å². The van der Waals surface area contributed by atoms with Crippen molar-refractivity contribution in [3.05, 3.63) is 75.5 Å². The molecule has 1 atom stereocenters. The number of aromatic amines is 1. The molecular weight excluding hydrogens is 432 g/mol. The zero-order valence-corrected chi connectivity index (χ0v) is 19.4. The standard InChI is InChI=1S/C23H28N2O4S2/c1-3-4-6-17-8-10-18(11-9-17)15-23(31(2,28)29,20-7-5-14-24-20)13-12-21-25-19(16-30-21)22(26)27/h5,7-11,14,16,24H,3-4,6,12-13,15H2,1-2H3,(H,26,27). The number of aromatic nitrogens is 2. The number of rotatable bonds is 11. The van der Waals surface area contributed by atoms with Gasteiger partial charge in [-0.2, -0.15) is 0 Å². The van der Waals surface area contributed by atoms with Gasteiger partial charge in [-0.1, -0.05) is 37.6 Å². The van der Waals surface area contributed by atoms with E-state index in [0.717, 1.165) is 24.8 Å². The Labute approximate surface area is 187 Å². The summed E-state index contributed by atoms with van der Waals surface area (Å²) in [6.07, 6.45) is 7.28. The minimum Gasteiger partial charge on any atom is -0.476 e. The van der Waals surface area contributed by atoms with Crippen LogP contribution in [0.15, 0.2) is 48.0 Å². The first kappa shape index (κ1) is 23.2. The van der Waals surface area contributed by atoms with Crippen LogP contribution >= 0.6 is 11.3 Å². The fourth-order valence-corrected chi connectivity index (χ4v) is 6.02. The maximum Gasteiger partial charge on any atom is 0.355 e. The van der Waals surface area contributed by atoms with Crippen molar-refractivity contribution in [2.45, 2.75) is 50.2 Å². The first-order valence-corrected chi connectivity index (χ1v) is 13.1. The maximum absolute atomic E-state index is 13.2. The summed E-state index contributed by atoms with van der Waals surface area (Å²) in [7, 11) is -3.52. The van der Waals surface area contributed by atoms with Gasteiger partial charge in [-0.05, 0) is 48.9 Å². The molecule has 6 nitrogen and oxygen atoms in total. The van der Waals surface area contributed by atoms with Crippen LogP contribution in [0.25, 0.3) is 0 Å². The molecule has 31 heavy (non-hydrogen) atoms. The number of sulfone groups is 1. The van der Waals surface area contributed by atoms with Gasteiger partial charge in [0, 0.05) is 29.9 Å². The van der Waals surface area contributed by atoms with Gasteiger partial charge in [0.1, 0.15) is 4.75 Å². The summed E-state index contributed by atoms with van der Waals surface area (Å²) in [4.78, 5) is 18.4. The third-order valence-electron chi connectivity index (χ3n) is 5.64. The van der Waals surface area contributed by atoms with E-state index in [4.69, 9.17) is 5.11 Å². The van der Waals surface area contributed by atoms with Gasteiger partial charge in [-0.15, -0.1) is 11.3 Å². The Kier molecular flexibility index (Phi) is 7.33. The van der Waals surface area contributed by atoms with Crippen molar-refractivity contribution < 1.29 is 18.3 Å². The van der Waals surface area contributed by atoms with Gasteiger partial charge in [0.25, 0.3) is 0 Å². The molecule has 1 aromatic carbocycles. The Morgan fingerprint density at radius 1 is 1.16 bits per heavy atom. The predicted octanol–water partition coefficient (Wildman–Crippen LogP) is 4.63. The van der Waals surface area contributed by atoms with Crippen LogP contribution in [-0.2, 0) is 33.8 Å². The number of hydrogen-bond acceptors (Lipinski definition) is 5. The van der Waals surface area contributed by atoms with E-state index in [1.165, 1.54) is 28.5 Å². The highest BCUT2D eigenvalue weighted by Gasteiger charge is 2.43. The van der Waals surface area contributed by atoms with Gasteiger partial charge in [0.2, 0.25) is 0 Å². The van der Waals surface area contributed by atoms with Gasteiger partial charge in [0.05, 0.1) is 5.01 Å². The fourth-order valence-electron chi connectivity index (χ4n) is 3.82. The summed E-state index contributed by atoms with van der Waals surface area (Å²) in [5.74, 6) is -1.08. The van der Waals surface area contributed by atoms with Crippen LogP contribution in [0.3, 0.4) is 0 Å². The first-order chi connectivity index (χ1) is 14.7. The van der Waals surface area contributed by atoms with Crippen molar-refractivity contribution in [3.8, 4) is 0 Å². The predicted molar refractivity (Wildman–Crippen MR) is 123 cm³/mol. The molecule has 3 rings (SSSR count). The lowest BCUT2D eigenvalue weighted by molar-refractivity contribution is 0.0691. The lowest BCUT2D eigenvalue weighted by atomic mass is 9.90. The Bertz CT molecular complexity index is 1100. The zero-order valence-electron chi connectivity index (χ0n) is 17.8. The number of nitrogens with one attached hydrogen (secondary N) is 1. The summed E-state index contributed by atoms with van der Waals surface area (Å²) in [5, 5.41) is 11.2. The SMILES string of the molecule is CCCCc1ccc(CC(CCc2nc(C(=O)O)cs2)(c2ccc[nH]2)S(C)(=O)=O)cc1. The molecule has 0 aliphatic rings. The third-order valence-corrected chi connectivity index (χ3v) is 8.54. The molecule has 3 aromatic rings. The van der Waals surface area contributed by atoms with E-state index in [2.05, 4.69) is 29.0 Å². The topological polar surface area (TPSA) is 100 Å². The molecule has 0 saturated heterocycles. The van der Waals surface area contributed by atoms with Crippen molar-refractivity contribution in [1.29, 1.82) is 0 Å². The Morgan fingerprint density at radius 3 is 2.42 bits per heavy atom. The van der Waals surface area contributed by atoms with Gasteiger partial charge in [-0.25, -0.2) is 18.2 Å². The lowest BCUT2D eigenvalue weighted by Crippen LogP contribution is -2.38. The number of carboxylic acid groups (broad SMARTS) is 1. The van der Waals surface area contributed by atoms with Crippen molar-refractivity contribution in [2.75, 3.05) is 6.26 Å². The molecule has 8 heteroatoms. The molecule has 2 heterocycles. The lowest BCUT2D eigenvalue weighted by Gasteiger charge is -2.31. The highest BCUT2D eigenvalue weighted by molar-refractivity contribution is 7.91. The average molecular weight is 461 g/mol. The Hall–Kier alpha value is -2.45. The van der Waals surface area contributed by atoms with E-state index >= 15 is 0 Å². The second-order valence-electron chi connectivity index (χ2n) is 7.88. The average Bonchev–Trinajstić information content (AvgIpc) is 3.42. The van der Waals surface area contributed by atoms with Crippen molar-refractivity contribution in [2.24, 2.45) is 0 Å².